The van der Waals surface area contributed by atoms with E-state index in [0.29, 0.717) is 27.2 Å². The van der Waals surface area contributed by atoms with E-state index in [-0.39, 0.29) is 11.0 Å². The fourth-order valence-corrected chi connectivity index (χ4v) is 5.67. The van der Waals surface area contributed by atoms with Gasteiger partial charge >= 0.3 is 5.97 Å². The van der Waals surface area contributed by atoms with Gasteiger partial charge in [-0.05, 0) is 55.2 Å². The molecule has 34 heavy (non-hydrogen) atoms. The zero-order valence-electron chi connectivity index (χ0n) is 18.3. The number of carboxylic acid groups (broad SMARTS) is 1. The third-order valence-electron chi connectivity index (χ3n) is 7.18. The van der Waals surface area contributed by atoms with Crippen molar-refractivity contribution in [3.8, 4) is 11.3 Å². The van der Waals surface area contributed by atoms with E-state index in [2.05, 4.69) is 26.1 Å². The molecule has 6 rings (SSSR count). The molecule has 3 aromatic rings. The Morgan fingerprint density at radius 1 is 1.09 bits per heavy atom. The van der Waals surface area contributed by atoms with Crippen molar-refractivity contribution in [2.75, 3.05) is 18.0 Å². The van der Waals surface area contributed by atoms with Gasteiger partial charge in [0.25, 0.3) is 0 Å². The minimum Gasteiger partial charge on any atom is -0.478 e. The van der Waals surface area contributed by atoms with Gasteiger partial charge in [0.05, 0.1) is 15.6 Å². The number of hydrogen-bond donors (Lipinski definition) is 1. The molecule has 9 heteroatoms. The predicted molar refractivity (Wildman–Crippen MR) is 129 cm³/mol. The highest BCUT2D eigenvalue weighted by molar-refractivity contribution is 6.39. The van der Waals surface area contributed by atoms with Crippen LogP contribution in [0.4, 0.5) is 5.82 Å². The number of anilines is 1. The minimum atomic E-state index is -0.961. The van der Waals surface area contributed by atoms with E-state index < -0.39 is 5.97 Å². The first-order valence-electron chi connectivity index (χ1n) is 11.4. The van der Waals surface area contributed by atoms with Crippen molar-refractivity contribution in [2.45, 2.75) is 38.0 Å². The molecule has 7 nitrogen and oxygen atoms in total. The Morgan fingerprint density at radius 2 is 1.79 bits per heavy atom. The molecule has 1 saturated heterocycles. The van der Waals surface area contributed by atoms with Crippen LogP contribution in [0.25, 0.3) is 16.8 Å². The van der Waals surface area contributed by atoms with E-state index in [9.17, 15) is 4.79 Å². The highest BCUT2D eigenvalue weighted by atomic mass is 35.5. The van der Waals surface area contributed by atoms with Gasteiger partial charge in [-0.25, -0.2) is 9.78 Å². The summed E-state index contributed by atoms with van der Waals surface area (Å²) in [5, 5.41) is 14.4. The maximum Gasteiger partial charge on any atom is 0.337 e. The summed E-state index contributed by atoms with van der Waals surface area (Å²) in [6.07, 6.45) is 12.2. The first kappa shape index (κ1) is 21.6. The average Bonchev–Trinajstić information content (AvgIpc) is 3.57. The number of aromatic carboxylic acids is 1. The standard InChI is InChI=1S/C25H22Cl2N4O3/c26-17-12-28-13-18(27)21(17)22-20(23(34-30-22)14-1-2-14)16-9-25(10-16)5-7-31(8-6-25)19-4-3-15(11-29-19)24(32)33/h3-4,9,11-14H,1-2,5-8,10H2,(H,32,33). The smallest absolute Gasteiger partial charge is 0.337 e. The van der Waals surface area contributed by atoms with Gasteiger partial charge in [0.15, 0.2) is 0 Å². The van der Waals surface area contributed by atoms with E-state index in [1.807, 2.05) is 0 Å². The maximum atomic E-state index is 11.1. The van der Waals surface area contributed by atoms with Gasteiger partial charge in [-0.3, -0.25) is 4.98 Å². The molecule has 0 bridgehead atoms. The molecule has 1 saturated carbocycles. The van der Waals surface area contributed by atoms with Crippen LogP contribution >= 0.6 is 23.2 Å². The third kappa shape index (κ3) is 3.67. The third-order valence-corrected chi connectivity index (χ3v) is 7.75. The molecular weight excluding hydrogens is 475 g/mol. The van der Waals surface area contributed by atoms with Gasteiger partial charge in [-0.15, -0.1) is 0 Å². The summed E-state index contributed by atoms with van der Waals surface area (Å²) in [5.41, 5.74) is 4.04. The number of pyridine rings is 2. The molecule has 0 radical (unpaired) electrons. The number of allylic oxidation sites excluding steroid dienone is 2. The lowest BCUT2D eigenvalue weighted by molar-refractivity contribution is 0.0696. The van der Waals surface area contributed by atoms with Crippen molar-refractivity contribution in [2.24, 2.45) is 5.41 Å². The number of hydrogen-bond acceptors (Lipinski definition) is 6. The van der Waals surface area contributed by atoms with Crippen LogP contribution in [0.3, 0.4) is 0 Å². The second-order valence-corrected chi connectivity index (χ2v) is 10.2. The van der Waals surface area contributed by atoms with Crippen LogP contribution in [0.1, 0.15) is 59.7 Å². The van der Waals surface area contributed by atoms with Crippen molar-refractivity contribution in [3.05, 3.63) is 63.7 Å². The van der Waals surface area contributed by atoms with Gasteiger partial charge in [0, 0.05) is 48.7 Å². The number of aromatic nitrogens is 3. The monoisotopic (exact) mass is 496 g/mol. The lowest BCUT2D eigenvalue weighted by Gasteiger charge is -2.46. The van der Waals surface area contributed by atoms with Crippen molar-refractivity contribution < 1.29 is 14.4 Å². The topological polar surface area (TPSA) is 92.3 Å². The van der Waals surface area contributed by atoms with Crippen LogP contribution in [-0.4, -0.2) is 39.3 Å². The number of rotatable bonds is 5. The molecule has 0 unspecified atom stereocenters. The number of carbonyl (C=O) groups is 1. The van der Waals surface area contributed by atoms with Gasteiger partial charge in [-0.1, -0.05) is 34.4 Å². The zero-order chi connectivity index (χ0) is 23.4. The number of halogens is 2. The summed E-state index contributed by atoms with van der Waals surface area (Å²) in [4.78, 5) is 21.7. The van der Waals surface area contributed by atoms with Crippen molar-refractivity contribution in [1.82, 2.24) is 15.1 Å². The van der Waals surface area contributed by atoms with E-state index >= 15 is 0 Å². The van der Waals surface area contributed by atoms with Crippen LogP contribution in [0.2, 0.25) is 10.0 Å². The molecule has 0 atom stereocenters. The van der Waals surface area contributed by atoms with Gasteiger partial charge in [-0.2, -0.15) is 0 Å². The Bertz CT molecular complexity index is 1290. The quantitative estimate of drug-likeness (QED) is 0.456. The second kappa shape index (κ2) is 8.10. The summed E-state index contributed by atoms with van der Waals surface area (Å²) >= 11 is 12.9. The van der Waals surface area contributed by atoms with E-state index in [1.54, 1.807) is 24.5 Å². The first-order chi connectivity index (χ1) is 16.4. The fraction of sp³-hybridized carbons (Fsp3) is 0.360. The summed E-state index contributed by atoms with van der Waals surface area (Å²) in [7, 11) is 0. The fourth-order valence-electron chi connectivity index (χ4n) is 5.13. The molecule has 174 valence electrons. The first-order valence-corrected chi connectivity index (χ1v) is 12.1. The van der Waals surface area contributed by atoms with Crippen LogP contribution < -0.4 is 4.90 Å². The Kier molecular flexibility index (Phi) is 5.15. The summed E-state index contributed by atoms with van der Waals surface area (Å²) in [6, 6.07) is 3.40. The Hall–Kier alpha value is -2.90. The van der Waals surface area contributed by atoms with Crippen LogP contribution in [0, 0.1) is 5.41 Å². The number of piperidine rings is 1. The molecule has 3 aromatic heterocycles. The van der Waals surface area contributed by atoms with Crippen LogP contribution in [0.15, 0.2) is 41.3 Å². The molecule has 0 aromatic carbocycles. The Balaban J connectivity index is 1.25. The Labute approximate surface area is 206 Å². The van der Waals surface area contributed by atoms with Gasteiger partial charge in [0.2, 0.25) is 0 Å². The molecule has 3 aliphatic rings. The molecule has 2 fully saturated rings. The molecular formula is C25H22Cl2N4O3. The number of carboxylic acids is 1. The SMILES string of the molecule is O=C(O)c1ccc(N2CCC3(C=C(c4c(-c5c(Cl)cncc5Cl)noc4C4CC4)C3)CC2)nc1. The summed E-state index contributed by atoms with van der Waals surface area (Å²) in [6.45, 7) is 1.74. The average molecular weight is 497 g/mol. The van der Waals surface area contributed by atoms with Crippen molar-refractivity contribution >= 4 is 40.6 Å². The maximum absolute atomic E-state index is 11.1. The number of nitrogens with zero attached hydrogens (tertiary/aromatic N) is 4. The van der Waals surface area contributed by atoms with Crippen LogP contribution in [0.5, 0.6) is 0 Å². The largest absolute Gasteiger partial charge is 0.478 e. The minimum absolute atomic E-state index is 0.147. The van der Waals surface area contributed by atoms with Gasteiger partial charge < -0.3 is 14.5 Å². The Morgan fingerprint density at radius 3 is 2.38 bits per heavy atom. The van der Waals surface area contributed by atoms with E-state index in [0.717, 1.165) is 62.3 Å². The van der Waals surface area contributed by atoms with Crippen molar-refractivity contribution in [3.63, 3.8) is 0 Å². The van der Waals surface area contributed by atoms with E-state index in [1.165, 1.54) is 11.8 Å². The van der Waals surface area contributed by atoms with Crippen molar-refractivity contribution in [1.29, 1.82) is 0 Å². The lowest BCUT2D eigenvalue weighted by atomic mass is 9.63. The van der Waals surface area contributed by atoms with Crippen LogP contribution in [-0.2, 0) is 0 Å². The normalized spacial score (nSPS) is 19.1. The molecule has 1 N–H and O–H groups in total. The molecule has 1 aliphatic heterocycles. The molecule has 0 amide bonds. The predicted octanol–water partition coefficient (Wildman–Crippen LogP) is 6.09. The molecule has 2 aliphatic carbocycles. The van der Waals surface area contributed by atoms with Gasteiger partial charge in [0.1, 0.15) is 17.3 Å². The second-order valence-electron chi connectivity index (χ2n) is 9.43. The highest BCUT2D eigenvalue weighted by Crippen LogP contribution is 2.56. The molecule has 4 heterocycles. The highest BCUT2D eigenvalue weighted by Gasteiger charge is 2.44. The van der Waals surface area contributed by atoms with E-state index in [4.69, 9.17) is 32.8 Å². The summed E-state index contributed by atoms with van der Waals surface area (Å²) < 4.78 is 5.83. The molecule has 1 spiro atoms. The summed E-state index contributed by atoms with van der Waals surface area (Å²) in [5.74, 6) is 1.22. The lowest BCUT2D eigenvalue weighted by Crippen LogP contribution is -2.42. The zero-order valence-corrected chi connectivity index (χ0v) is 19.8.